The summed E-state index contributed by atoms with van der Waals surface area (Å²) in [7, 11) is 0. The number of carbonyl (C=O) groups excluding carboxylic acids is 1. The van der Waals surface area contributed by atoms with Crippen LogP contribution in [0.25, 0.3) is 0 Å². The number of amides is 1. The first-order valence-electron chi connectivity index (χ1n) is 6.81. The molecule has 0 atom stereocenters. The van der Waals surface area contributed by atoms with Gasteiger partial charge < -0.3 is 5.73 Å². The van der Waals surface area contributed by atoms with E-state index in [9.17, 15) is 4.79 Å². The van der Waals surface area contributed by atoms with Crippen molar-refractivity contribution in [3.63, 3.8) is 0 Å². The summed E-state index contributed by atoms with van der Waals surface area (Å²) in [6, 6.07) is 10.5. The highest BCUT2D eigenvalue weighted by molar-refractivity contribution is 5.85. The molecular weight excluding hydrogens is 309 g/mol. The van der Waals surface area contributed by atoms with Gasteiger partial charge in [0.2, 0.25) is 5.91 Å². The highest BCUT2D eigenvalue weighted by Crippen LogP contribution is 2.17. The molecule has 1 aliphatic rings. The van der Waals surface area contributed by atoms with Gasteiger partial charge in [0.05, 0.1) is 5.54 Å². The molecule has 2 rings (SSSR count). The molecule has 0 unspecified atom stereocenters. The Hall–Kier alpha value is -0.810. The van der Waals surface area contributed by atoms with E-state index in [1.165, 1.54) is 5.56 Å². The van der Waals surface area contributed by atoms with Crippen LogP contribution in [0.2, 0.25) is 0 Å². The van der Waals surface area contributed by atoms with Crippen LogP contribution in [0.15, 0.2) is 30.3 Å². The number of hydrogen-bond donors (Lipinski definition) is 1. The number of carbonyl (C=O) groups is 1. The number of rotatable bonds is 4. The van der Waals surface area contributed by atoms with Crippen molar-refractivity contribution in [1.82, 2.24) is 9.80 Å². The van der Waals surface area contributed by atoms with Crippen molar-refractivity contribution in [3.8, 4) is 0 Å². The summed E-state index contributed by atoms with van der Waals surface area (Å²) >= 11 is 0. The van der Waals surface area contributed by atoms with Crippen LogP contribution in [0.5, 0.6) is 0 Å². The molecule has 21 heavy (non-hydrogen) atoms. The lowest BCUT2D eigenvalue weighted by Crippen LogP contribution is -2.59. The van der Waals surface area contributed by atoms with Crippen LogP contribution >= 0.6 is 24.8 Å². The van der Waals surface area contributed by atoms with Crippen LogP contribution in [0.4, 0.5) is 0 Å². The van der Waals surface area contributed by atoms with Crippen molar-refractivity contribution in [3.05, 3.63) is 35.9 Å². The number of piperazine rings is 1. The predicted octanol–water partition coefficient (Wildman–Crippen LogP) is 1.91. The molecule has 0 aromatic heterocycles. The van der Waals surface area contributed by atoms with Gasteiger partial charge in [-0.15, -0.1) is 24.8 Å². The Morgan fingerprint density at radius 3 is 2.10 bits per heavy atom. The third-order valence-electron chi connectivity index (χ3n) is 4.01. The van der Waals surface area contributed by atoms with E-state index < -0.39 is 5.54 Å². The predicted molar refractivity (Wildman–Crippen MR) is 91.1 cm³/mol. The van der Waals surface area contributed by atoms with Gasteiger partial charge in [-0.3, -0.25) is 14.6 Å². The molecule has 1 heterocycles. The van der Waals surface area contributed by atoms with Crippen molar-refractivity contribution in [2.24, 2.45) is 5.73 Å². The Morgan fingerprint density at radius 2 is 1.62 bits per heavy atom. The highest BCUT2D eigenvalue weighted by Gasteiger charge is 2.34. The number of nitrogens with zero attached hydrogens (tertiary/aromatic N) is 2. The van der Waals surface area contributed by atoms with Crippen molar-refractivity contribution >= 4 is 30.7 Å². The molecule has 1 aromatic rings. The van der Waals surface area contributed by atoms with Gasteiger partial charge in [0, 0.05) is 32.7 Å². The second-order valence-corrected chi connectivity index (χ2v) is 5.67. The van der Waals surface area contributed by atoms with Gasteiger partial charge >= 0.3 is 0 Å². The van der Waals surface area contributed by atoms with Crippen molar-refractivity contribution in [2.75, 3.05) is 26.2 Å². The average Bonchev–Trinajstić information content (AvgIpc) is 2.40. The third-order valence-corrected chi connectivity index (χ3v) is 4.01. The molecule has 4 nitrogen and oxygen atoms in total. The first kappa shape index (κ1) is 20.2. The van der Waals surface area contributed by atoms with Crippen LogP contribution in [0.3, 0.4) is 0 Å². The summed E-state index contributed by atoms with van der Waals surface area (Å²) in [5.41, 5.74) is 6.26. The molecule has 6 heteroatoms. The minimum atomic E-state index is -0.543. The molecule has 0 spiro atoms. The lowest BCUT2D eigenvalue weighted by Gasteiger charge is -2.42. The monoisotopic (exact) mass is 333 g/mol. The third kappa shape index (κ3) is 5.15. The summed E-state index contributed by atoms with van der Waals surface area (Å²) in [5.74, 6) is -0.246. The first-order valence-corrected chi connectivity index (χ1v) is 6.81. The zero-order chi connectivity index (χ0) is 13.9. The molecule has 0 bridgehead atoms. The van der Waals surface area contributed by atoms with Gasteiger partial charge in [0.1, 0.15) is 0 Å². The van der Waals surface area contributed by atoms with Crippen LogP contribution < -0.4 is 5.73 Å². The van der Waals surface area contributed by atoms with Gasteiger partial charge in [-0.25, -0.2) is 0 Å². The van der Waals surface area contributed by atoms with Gasteiger partial charge in [0.25, 0.3) is 0 Å². The Bertz CT molecular complexity index is 432. The van der Waals surface area contributed by atoms with Gasteiger partial charge in [0.15, 0.2) is 0 Å². The first-order chi connectivity index (χ1) is 9.00. The van der Waals surface area contributed by atoms with Crippen LogP contribution in [-0.2, 0) is 11.3 Å². The van der Waals surface area contributed by atoms with Crippen molar-refractivity contribution < 1.29 is 4.79 Å². The molecule has 120 valence electrons. The SMILES string of the molecule is CC(C)(C(N)=O)N1CCN(Cc2ccccc2)CC1.Cl.Cl. The topological polar surface area (TPSA) is 49.6 Å². The standard InChI is InChI=1S/C15H23N3O.2ClH/c1-15(2,14(16)19)18-10-8-17(9-11-18)12-13-6-4-3-5-7-13;;/h3-7H,8-12H2,1-2H3,(H2,16,19);2*1H. The second-order valence-electron chi connectivity index (χ2n) is 5.67. The fourth-order valence-electron chi connectivity index (χ4n) is 2.46. The van der Waals surface area contributed by atoms with Crippen LogP contribution in [0, 0.1) is 0 Å². The summed E-state index contributed by atoms with van der Waals surface area (Å²) < 4.78 is 0. The van der Waals surface area contributed by atoms with E-state index in [1.54, 1.807) is 0 Å². The molecule has 0 saturated carbocycles. The van der Waals surface area contributed by atoms with Crippen LogP contribution in [-0.4, -0.2) is 47.4 Å². The van der Waals surface area contributed by atoms with E-state index in [0.717, 1.165) is 32.7 Å². The summed E-state index contributed by atoms with van der Waals surface area (Å²) in [5, 5.41) is 0. The zero-order valence-corrected chi connectivity index (χ0v) is 14.3. The number of hydrogen-bond acceptors (Lipinski definition) is 3. The van der Waals surface area contributed by atoms with Crippen molar-refractivity contribution in [1.29, 1.82) is 0 Å². The Morgan fingerprint density at radius 1 is 1.10 bits per heavy atom. The smallest absolute Gasteiger partial charge is 0.237 e. The van der Waals surface area contributed by atoms with Gasteiger partial charge in [-0.1, -0.05) is 30.3 Å². The van der Waals surface area contributed by atoms with Crippen LogP contribution in [0.1, 0.15) is 19.4 Å². The Labute approximate surface area is 139 Å². The van der Waals surface area contributed by atoms with E-state index in [0.29, 0.717) is 0 Å². The molecule has 2 N–H and O–H groups in total. The van der Waals surface area contributed by atoms with E-state index in [2.05, 4.69) is 34.1 Å². The van der Waals surface area contributed by atoms with Gasteiger partial charge in [-0.2, -0.15) is 0 Å². The maximum atomic E-state index is 11.5. The maximum Gasteiger partial charge on any atom is 0.237 e. The molecule has 0 aliphatic carbocycles. The minimum Gasteiger partial charge on any atom is -0.368 e. The largest absolute Gasteiger partial charge is 0.368 e. The molecule has 1 aliphatic heterocycles. The molecule has 1 fully saturated rings. The molecule has 1 saturated heterocycles. The Kier molecular flexibility index (Phi) is 8.26. The number of halogens is 2. The van der Waals surface area contributed by atoms with Gasteiger partial charge in [-0.05, 0) is 19.4 Å². The quantitative estimate of drug-likeness (QED) is 0.915. The molecular formula is C15H25Cl2N3O. The fourth-order valence-corrected chi connectivity index (χ4v) is 2.46. The van der Waals surface area contributed by atoms with E-state index >= 15 is 0 Å². The lowest BCUT2D eigenvalue weighted by atomic mass is 10.0. The highest BCUT2D eigenvalue weighted by atomic mass is 35.5. The molecule has 1 aromatic carbocycles. The van der Waals surface area contributed by atoms with E-state index in [-0.39, 0.29) is 30.7 Å². The zero-order valence-electron chi connectivity index (χ0n) is 12.6. The fraction of sp³-hybridized carbons (Fsp3) is 0.533. The molecule has 1 amide bonds. The normalized spacial score (nSPS) is 16.7. The number of primary amides is 1. The average molecular weight is 334 g/mol. The maximum absolute atomic E-state index is 11.5. The van der Waals surface area contributed by atoms with E-state index in [1.807, 2.05) is 19.9 Å². The minimum absolute atomic E-state index is 0. The second kappa shape index (κ2) is 8.59. The summed E-state index contributed by atoms with van der Waals surface area (Å²) in [6.07, 6.45) is 0. The summed E-state index contributed by atoms with van der Waals surface area (Å²) in [4.78, 5) is 16.1. The number of nitrogens with two attached hydrogens (primary N) is 1. The lowest BCUT2D eigenvalue weighted by molar-refractivity contribution is -0.129. The Balaban J connectivity index is 0.00000200. The van der Waals surface area contributed by atoms with Crippen molar-refractivity contribution in [2.45, 2.75) is 25.9 Å². The molecule has 0 radical (unpaired) electrons. The summed E-state index contributed by atoms with van der Waals surface area (Å²) in [6.45, 7) is 8.53. The van der Waals surface area contributed by atoms with E-state index in [4.69, 9.17) is 5.73 Å². The number of benzene rings is 1.